The highest BCUT2D eigenvalue weighted by atomic mass is 79.9. The van der Waals surface area contributed by atoms with E-state index in [-0.39, 0.29) is 0 Å². The summed E-state index contributed by atoms with van der Waals surface area (Å²) in [5.74, 6) is 0. The van der Waals surface area contributed by atoms with Crippen LogP contribution in [-0.4, -0.2) is 16.3 Å². The molecular weight excluding hydrogens is 482 g/mol. The third-order valence-electron chi connectivity index (χ3n) is 3.31. The van der Waals surface area contributed by atoms with Crippen molar-refractivity contribution >= 4 is 59.1 Å². The smallest absolute Gasteiger partial charge is 0.0843 e. The fourth-order valence-electron chi connectivity index (χ4n) is 2.31. The number of hydrogen-bond donors (Lipinski definition) is 1. The van der Waals surface area contributed by atoms with E-state index < -0.39 is 0 Å². The lowest BCUT2D eigenvalue weighted by molar-refractivity contribution is 0.521. The summed E-state index contributed by atoms with van der Waals surface area (Å²) in [5, 5.41) is 8.17. The Morgan fingerprint density at radius 2 is 2.05 bits per heavy atom. The lowest BCUT2D eigenvalue weighted by Gasteiger charge is -2.17. The zero-order chi connectivity index (χ0) is 15.6. The predicted molar refractivity (Wildman–Crippen MR) is 100 cm³/mol. The Balaban J connectivity index is 2.32. The largest absolute Gasteiger partial charge is 0.309 e. The molecule has 0 radical (unpaired) electrons. The molecule has 0 amide bonds. The Kier molecular flexibility index (Phi) is 6.50. The van der Waals surface area contributed by atoms with Gasteiger partial charge in [0.15, 0.2) is 0 Å². The molecule has 0 saturated carbocycles. The summed E-state index contributed by atoms with van der Waals surface area (Å²) in [7, 11) is 0. The Hall–Kier alpha value is 0.310. The molecule has 2 aromatic heterocycles. The van der Waals surface area contributed by atoms with Crippen LogP contribution in [0.25, 0.3) is 0 Å². The zero-order valence-electron chi connectivity index (χ0n) is 12.2. The van der Waals surface area contributed by atoms with E-state index in [2.05, 4.69) is 82.8 Å². The van der Waals surface area contributed by atoms with Crippen LogP contribution in [0, 0.1) is 6.92 Å². The first-order chi connectivity index (χ1) is 9.97. The van der Waals surface area contributed by atoms with E-state index in [4.69, 9.17) is 0 Å². The number of hydrogen-bond acceptors (Lipinski definition) is 3. The number of rotatable bonds is 6. The minimum Gasteiger partial charge on any atom is -0.309 e. The highest BCUT2D eigenvalue weighted by Gasteiger charge is 2.20. The summed E-state index contributed by atoms with van der Waals surface area (Å²) >= 11 is 12.6. The van der Waals surface area contributed by atoms with Gasteiger partial charge in [-0.25, -0.2) is 0 Å². The summed E-state index contributed by atoms with van der Waals surface area (Å²) in [4.78, 5) is 1.32. The molecule has 7 heteroatoms. The summed E-state index contributed by atoms with van der Waals surface area (Å²) < 4.78 is 5.47. The van der Waals surface area contributed by atoms with E-state index in [1.807, 2.05) is 6.92 Å². The van der Waals surface area contributed by atoms with Gasteiger partial charge >= 0.3 is 0 Å². The Morgan fingerprint density at radius 1 is 1.33 bits per heavy atom. The highest BCUT2D eigenvalue weighted by molar-refractivity contribution is 9.13. The SMILES string of the molecule is CCNC(Cc1c(Br)c(C)nn1CC)c1cc(Br)c(Br)s1. The lowest BCUT2D eigenvalue weighted by atomic mass is 10.1. The molecule has 1 unspecified atom stereocenters. The molecule has 0 aromatic carbocycles. The van der Waals surface area contributed by atoms with E-state index in [0.29, 0.717) is 6.04 Å². The fourth-order valence-corrected chi connectivity index (χ4v) is 4.92. The van der Waals surface area contributed by atoms with Gasteiger partial charge in [-0.3, -0.25) is 4.68 Å². The number of aromatic nitrogens is 2. The van der Waals surface area contributed by atoms with Gasteiger partial charge in [0.05, 0.1) is 19.6 Å². The van der Waals surface area contributed by atoms with Crippen molar-refractivity contribution in [1.82, 2.24) is 15.1 Å². The van der Waals surface area contributed by atoms with Crippen molar-refractivity contribution in [2.24, 2.45) is 0 Å². The Morgan fingerprint density at radius 3 is 2.57 bits per heavy atom. The van der Waals surface area contributed by atoms with Crippen LogP contribution >= 0.6 is 59.1 Å². The summed E-state index contributed by atoms with van der Waals surface area (Å²) in [6.45, 7) is 8.14. The Bertz CT molecular complexity index is 602. The van der Waals surface area contributed by atoms with E-state index in [1.54, 1.807) is 11.3 Å². The molecule has 3 nitrogen and oxygen atoms in total. The van der Waals surface area contributed by atoms with Crippen molar-refractivity contribution < 1.29 is 0 Å². The standard InChI is InChI=1S/C14H18Br3N3S/c1-4-18-10(12-6-9(15)14(17)21-12)7-11-13(16)8(3)19-20(11)5-2/h6,10,18H,4-5,7H2,1-3H3. The number of aryl methyl sites for hydroxylation is 2. The quantitative estimate of drug-likeness (QED) is 0.572. The average molecular weight is 500 g/mol. The van der Waals surface area contributed by atoms with E-state index in [9.17, 15) is 0 Å². The number of nitrogens with one attached hydrogen (secondary N) is 1. The Labute approximate surface area is 154 Å². The van der Waals surface area contributed by atoms with Crippen molar-refractivity contribution in [2.75, 3.05) is 6.54 Å². The van der Waals surface area contributed by atoms with Crippen LogP contribution in [-0.2, 0) is 13.0 Å². The monoisotopic (exact) mass is 497 g/mol. The number of nitrogens with zero attached hydrogens (tertiary/aromatic N) is 2. The maximum atomic E-state index is 4.59. The van der Waals surface area contributed by atoms with Gasteiger partial charge in [0.1, 0.15) is 0 Å². The maximum absolute atomic E-state index is 4.59. The van der Waals surface area contributed by atoms with Crippen LogP contribution in [0.2, 0.25) is 0 Å². The molecule has 1 N–H and O–H groups in total. The molecule has 0 aliphatic rings. The molecular formula is C14H18Br3N3S. The van der Waals surface area contributed by atoms with Gasteiger partial charge in [-0.15, -0.1) is 11.3 Å². The molecule has 2 rings (SSSR count). The summed E-state index contributed by atoms with van der Waals surface area (Å²) in [5.41, 5.74) is 2.30. The summed E-state index contributed by atoms with van der Waals surface area (Å²) in [6, 6.07) is 2.48. The van der Waals surface area contributed by atoms with Crippen LogP contribution in [0.1, 0.15) is 36.2 Å². The second-order valence-corrected chi connectivity index (χ2v) is 8.80. The molecule has 21 heavy (non-hydrogen) atoms. The van der Waals surface area contributed by atoms with Crippen LogP contribution in [0.15, 0.2) is 18.8 Å². The lowest BCUT2D eigenvalue weighted by Crippen LogP contribution is -2.23. The van der Waals surface area contributed by atoms with Crippen LogP contribution in [0.3, 0.4) is 0 Å². The van der Waals surface area contributed by atoms with Crippen molar-refractivity contribution in [1.29, 1.82) is 0 Å². The molecule has 2 aromatic rings. The number of likely N-dealkylation sites (N-methyl/N-ethyl adjacent to an activating group) is 1. The van der Waals surface area contributed by atoms with Crippen molar-refractivity contribution in [3.05, 3.63) is 35.1 Å². The van der Waals surface area contributed by atoms with Crippen molar-refractivity contribution in [3.63, 3.8) is 0 Å². The molecule has 1 atom stereocenters. The molecule has 0 aliphatic heterocycles. The van der Waals surface area contributed by atoms with Crippen LogP contribution < -0.4 is 5.32 Å². The third-order valence-corrected chi connectivity index (χ3v) is 7.71. The molecule has 0 fully saturated rings. The molecule has 0 saturated heterocycles. The first kappa shape index (κ1) is 17.7. The van der Waals surface area contributed by atoms with Crippen LogP contribution in [0.4, 0.5) is 0 Å². The van der Waals surface area contributed by atoms with Crippen LogP contribution in [0.5, 0.6) is 0 Å². The van der Waals surface area contributed by atoms with Gasteiger partial charge in [-0.05, 0) is 74.2 Å². The first-order valence-electron chi connectivity index (χ1n) is 6.87. The second-order valence-electron chi connectivity index (χ2n) is 4.75. The molecule has 0 aliphatic carbocycles. The summed E-state index contributed by atoms with van der Waals surface area (Å²) in [6.07, 6.45) is 0.919. The second kappa shape index (κ2) is 7.73. The van der Waals surface area contributed by atoms with Gasteiger partial charge in [0, 0.05) is 28.4 Å². The van der Waals surface area contributed by atoms with E-state index in [1.165, 1.54) is 10.6 Å². The predicted octanol–water partition coefficient (Wildman–Crippen LogP) is 5.45. The fraction of sp³-hybridized carbons (Fsp3) is 0.500. The molecule has 116 valence electrons. The van der Waals surface area contributed by atoms with Gasteiger partial charge in [-0.1, -0.05) is 6.92 Å². The maximum Gasteiger partial charge on any atom is 0.0843 e. The van der Waals surface area contributed by atoms with E-state index in [0.717, 1.165) is 37.9 Å². The minimum atomic E-state index is 0.292. The first-order valence-corrected chi connectivity index (χ1v) is 10.1. The van der Waals surface area contributed by atoms with Gasteiger partial charge in [-0.2, -0.15) is 5.10 Å². The van der Waals surface area contributed by atoms with Gasteiger partial charge in [0.25, 0.3) is 0 Å². The third kappa shape index (κ3) is 3.99. The minimum absolute atomic E-state index is 0.292. The van der Waals surface area contributed by atoms with E-state index >= 15 is 0 Å². The normalized spacial score (nSPS) is 12.9. The van der Waals surface area contributed by atoms with Gasteiger partial charge in [0.2, 0.25) is 0 Å². The average Bonchev–Trinajstić information content (AvgIpc) is 2.92. The highest BCUT2D eigenvalue weighted by Crippen LogP contribution is 2.37. The van der Waals surface area contributed by atoms with Crippen molar-refractivity contribution in [3.8, 4) is 0 Å². The molecule has 0 bridgehead atoms. The van der Waals surface area contributed by atoms with Crippen molar-refractivity contribution in [2.45, 2.75) is 39.8 Å². The molecule has 0 spiro atoms. The molecule has 2 heterocycles. The number of thiophene rings is 1. The topological polar surface area (TPSA) is 29.9 Å². The zero-order valence-corrected chi connectivity index (χ0v) is 17.8. The number of halogens is 3. The van der Waals surface area contributed by atoms with Gasteiger partial charge < -0.3 is 5.32 Å².